The molecule has 7 nitrogen and oxygen atoms in total. The van der Waals surface area contributed by atoms with Gasteiger partial charge in [-0.15, -0.1) is 0 Å². The molecule has 3 heterocycles. The van der Waals surface area contributed by atoms with Crippen LogP contribution in [-0.2, 0) is 22.6 Å². The van der Waals surface area contributed by atoms with Gasteiger partial charge >= 0.3 is 0 Å². The van der Waals surface area contributed by atoms with Crippen molar-refractivity contribution in [2.75, 3.05) is 6.54 Å². The molecule has 1 aliphatic heterocycles. The number of halogens is 2. The molecule has 35 heavy (non-hydrogen) atoms. The lowest BCUT2D eigenvalue weighted by molar-refractivity contribution is -0.130. The standard InChI is InChI=1S/C26H31F2N5O2/c1-16-4-3-5-17(2)33(16)15-24(34)32-23(12-18-6-7-21(27)22(28)11-18)26(35)31-14-19-10-20-8-9-29-25(20)30-13-19/h6-11,13,16-17,23H,3-5,12,14-15H2,1-2H3,(H,29,30)(H,31,35)(H,32,34)/t16?,17?,23-/m0/s1. The van der Waals surface area contributed by atoms with Gasteiger partial charge in [-0.2, -0.15) is 0 Å². The molecule has 1 saturated heterocycles. The van der Waals surface area contributed by atoms with Crippen LogP contribution >= 0.6 is 0 Å². The molecule has 3 atom stereocenters. The highest BCUT2D eigenvalue weighted by Crippen LogP contribution is 2.22. The van der Waals surface area contributed by atoms with Crippen LogP contribution in [0, 0.1) is 11.6 Å². The van der Waals surface area contributed by atoms with Crippen LogP contribution in [0.5, 0.6) is 0 Å². The van der Waals surface area contributed by atoms with Gasteiger partial charge in [-0.1, -0.05) is 12.5 Å². The number of hydrogen-bond acceptors (Lipinski definition) is 4. The fourth-order valence-corrected chi connectivity index (χ4v) is 4.70. The van der Waals surface area contributed by atoms with Crippen LogP contribution in [0.15, 0.2) is 42.7 Å². The summed E-state index contributed by atoms with van der Waals surface area (Å²) in [6.45, 7) is 4.60. The number of amides is 2. The monoisotopic (exact) mass is 483 g/mol. The fourth-order valence-electron chi connectivity index (χ4n) is 4.70. The zero-order chi connectivity index (χ0) is 24.9. The highest BCUT2D eigenvalue weighted by Gasteiger charge is 2.28. The van der Waals surface area contributed by atoms with E-state index in [4.69, 9.17) is 0 Å². The van der Waals surface area contributed by atoms with Crippen LogP contribution in [0.2, 0.25) is 0 Å². The van der Waals surface area contributed by atoms with Gasteiger partial charge in [-0.25, -0.2) is 13.8 Å². The molecular weight excluding hydrogens is 452 g/mol. The third-order valence-corrected chi connectivity index (χ3v) is 6.70. The van der Waals surface area contributed by atoms with Crippen molar-refractivity contribution in [3.63, 3.8) is 0 Å². The average Bonchev–Trinajstić information content (AvgIpc) is 3.30. The molecule has 2 amide bonds. The summed E-state index contributed by atoms with van der Waals surface area (Å²) in [5, 5.41) is 6.59. The van der Waals surface area contributed by atoms with Gasteiger partial charge < -0.3 is 15.6 Å². The summed E-state index contributed by atoms with van der Waals surface area (Å²) in [6, 6.07) is 6.92. The molecule has 2 unspecified atom stereocenters. The van der Waals surface area contributed by atoms with Crippen molar-refractivity contribution >= 4 is 22.8 Å². The first kappa shape index (κ1) is 24.8. The molecule has 0 aliphatic carbocycles. The number of rotatable bonds is 8. The van der Waals surface area contributed by atoms with Crippen LogP contribution in [-0.4, -0.2) is 51.4 Å². The number of piperidine rings is 1. The van der Waals surface area contributed by atoms with Crippen molar-refractivity contribution in [1.82, 2.24) is 25.5 Å². The van der Waals surface area contributed by atoms with Crippen LogP contribution in [0.25, 0.3) is 11.0 Å². The van der Waals surface area contributed by atoms with Gasteiger partial charge in [-0.3, -0.25) is 14.5 Å². The maximum atomic E-state index is 13.8. The van der Waals surface area contributed by atoms with Crippen molar-refractivity contribution in [2.45, 2.75) is 64.2 Å². The number of fused-ring (bicyclic) bond motifs is 1. The second-order valence-electron chi connectivity index (χ2n) is 9.35. The topological polar surface area (TPSA) is 90.1 Å². The number of aromatic amines is 1. The van der Waals surface area contributed by atoms with Crippen molar-refractivity contribution in [2.24, 2.45) is 0 Å². The van der Waals surface area contributed by atoms with E-state index in [-0.39, 0.29) is 37.5 Å². The van der Waals surface area contributed by atoms with Gasteiger partial charge in [0.05, 0.1) is 6.54 Å². The van der Waals surface area contributed by atoms with Gasteiger partial charge in [0.25, 0.3) is 0 Å². The summed E-state index contributed by atoms with van der Waals surface area (Å²) in [5.41, 5.74) is 1.98. The molecular formula is C26H31F2N5O2. The number of hydrogen-bond donors (Lipinski definition) is 3. The average molecular weight is 484 g/mol. The van der Waals surface area contributed by atoms with Crippen molar-refractivity contribution < 1.29 is 18.4 Å². The highest BCUT2D eigenvalue weighted by atomic mass is 19.2. The summed E-state index contributed by atoms with van der Waals surface area (Å²) in [6.07, 6.45) is 6.67. The lowest BCUT2D eigenvalue weighted by Crippen LogP contribution is -2.53. The number of carbonyl (C=O) groups excluding carboxylic acids is 2. The van der Waals surface area contributed by atoms with E-state index in [2.05, 4.69) is 39.3 Å². The predicted octanol–water partition coefficient (Wildman–Crippen LogP) is 3.45. The Bertz CT molecular complexity index is 1190. The summed E-state index contributed by atoms with van der Waals surface area (Å²) in [7, 11) is 0. The Hall–Kier alpha value is -3.33. The first-order valence-corrected chi connectivity index (χ1v) is 12.0. The summed E-state index contributed by atoms with van der Waals surface area (Å²) < 4.78 is 27.2. The third kappa shape index (κ3) is 6.22. The van der Waals surface area contributed by atoms with E-state index in [0.717, 1.165) is 48.0 Å². The van der Waals surface area contributed by atoms with Gasteiger partial charge in [0.1, 0.15) is 11.7 Å². The number of aromatic nitrogens is 2. The molecule has 1 aliphatic rings. The zero-order valence-corrected chi connectivity index (χ0v) is 20.0. The van der Waals surface area contributed by atoms with E-state index in [1.54, 1.807) is 12.4 Å². The van der Waals surface area contributed by atoms with Crippen LogP contribution in [0.4, 0.5) is 8.78 Å². The molecule has 1 fully saturated rings. The van der Waals surface area contributed by atoms with Crippen molar-refractivity contribution in [3.05, 3.63) is 65.5 Å². The molecule has 0 saturated carbocycles. The maximum absolute atomic E-state index is 13.8. The summed E-state index contributed by atoms with van der Waals surface area (Å²) in [4.78, 5) is 35.5. The Labute approximate surface area is 203 Å². The van der Waals surface area contributed by atoms with Gasteiger partial charge in [0.2, 0.25) is 11.8 Å². The minimum atomic E-state index is -0.991. The zero-order valence-electron chi connectivity index (χ0n) is 20.0. The maximum Gasteiger partial charge on any atom is 0.243 e. The number of benzene rings is 1. The SMILES string of the molecule is CC1CCCC(C)N1CC(=O)N[C@@H](Cc1ccc(F)c(F)c1)C(=O)NCc1cnc2[nH]ccc2c1. The predicted molar refractivity (Wildman–Crippen MR) is 129 cm³/mol. The van der Waals surface area contributed by atoms with Gasteiger partial charge in [0, 0.05) is 42.8 Å². The number of carbonyl (C=O) groups is 2. The molecule has 0 radical (unpaired) electrons. The first-order chi connectivity index (χ1) is 16.8. The van der Waals surface area contributed by atoms with Gasteiger partial charge in [-0.05, 0) is 62.1 Å². The smallest absolute Gasteiger partial charge is 0.243 e. The number of nitrogens with zero attached hydrogens (tertiary/aromatic N) is 2. The molecule has 1 aromatic carbocycles. The molecule has 4 rings (SSSR count). The lowest BCUT2D eigenvalue weighted by atomic mass is 9.97. The van der Waals surface area contributed by atoms with Crippen molar-refractivity contribution in [1.29, 1.82) is 0 Å². The summed E-state index contributed by atoms with van der Waals surface area (Å²) >= 11 is 0. The Morgan fingerprint density at radius 1 is 1.11 bits per heavy atom. The van der Waals surface area contributed by atoms with Gasteiger partial charge in [0.15, 0.2) is 11.6 Å². The Morgan fingerprint density at radius 3 is 2.63 bits per heavy atom. The van der Waals surface area contributed by atoms with E-state index in [1.165, 1.54) is 6.07 Å². The minimum Gasteiger partial charge on any atom is -0.350 e. The number of likely N-dealkylation sites (tertiary alicyclic amines) is 1. The Balaban J connectivity index is 1.45. The number of H-pyrrole nitrogens is 1. The first-order valence-electron chi connectivity index (χ1n) is 12.0. The van der Waals surface area contributed by atoms with E-state index in [9.17, 15) is 18.4 Å². The molecule has 0 spiro atoms. The Kier molecular flexibility index (Phi) is 7.75. The minimum absolute atomic E-state index is 0.0367. The van der Waals surface area contributed by atoms with E-state index in [1.807, 2.05) is 12.1 Å². The quantitative estimate of drug-likeness (QED) is 0.458. The van der Waals surface area contributed by atoms with E-state index >= 15 is 0 Å². The second-order valence-corrected chi connectivity index (χ2v) is 9.35. The second kappa shape index (κ2) is 10.9. The summed E-state index contributed by atoms with van der Waals surface area (Å²) in [5.74, 6) is -2.63. The van der Waals surface area contributed by atoms with E-state index in [0.29, 0.717) is 5.56 Å². The molecule has 9 heteroatoms. The van der Waals surface area contributed by atoms with Crippen LogP contribution in [0.1, 0.15) is 44.2 Å². The largest absolute Gasteiger partial charge is 0.350 e. The third-order valence-electron chi connectivity index (χ3n) is 6.70. The normalized spacial score (nSPS) is 19.4. The van der Waals surface area contributed by atoms with E-state index < -0.39 is 23.6 Å². The van der Waals surface area contributed by atoms with Crippen molar-refractivity contribution in [3.8, 4) is 0 Å². The highest BCUT2D eigenvalue weighted by molar-refractivity contribution is 5.88. The van der Waals surface area contributed by atoms with Crippen LogP contribution < -0.4 is 10.6 Å². The number of pyridine rings is 1. The molecule has 2 aromatic heterocycles. The molecule has 0 bridgehead atoms. The number of nitrogens with one attached hydrogen (secondary N) is 3. The van der Waals surface area contributed by atoms with Crippen LogP contribution in [0.3, 0.4) is 0 Å². The molecule has 186 valence electrons. The molecule has 3 aromatic rings. The molecule has 3 N–H and O–H groups in total. The fraction of sp³-hybridized carbons (Fsp3) is 0.423. The Morgan fingerprint density at radius 2 is 1.89 bits per heavy atom. The lowest BCUT2D eigenvalue weighted by Gasteiger charge is -2.38.